The lowest BCUT2D eigenvalue weighted by molar-refractivity contribution is -0.119. The van der Waals surface area contributed by atoms with E-state index in [1.807, 2.05) is 32.3 Å². The Morgan fingerprint density at radius 2 is 1.76 bits per heavy atom. The molecule has 4 aromatic rings. The molecule has 2 amide bonds. The van der Waals surface area contributed by atoms with E-state index in [0.29, 0.717) is 55.7 Å². The summed E-state index contributed by atoms with van der Waals surface area (Å²) in [6.45, 7) is 7.76. The average Bonchev–Trinajstić information content (AvgIpc) is 3.52. The van der Waals surface area contributed by atoms with Crippen molar-refractivity contribution in [3.05, 3.63) is 81.7 Å². The molecule has 41 heavy (non-hydrogen) atoms. The minimum atomic E-state index is -1.58. The van der Waals surface area contributed by atoms with E-state index < -0.39 is 17.4 Å². The van der Waals surface area contributed by atoms with E-state index in [9.17, 15) is 9.59 Å². The quantitative estimate of drug-likeness (QED) is 0.275. The van der Waals surface area contributed by atoms with Gasteiger partial charge in [0.15, 0.2) is 11.2 Å². The Hall–Kier alpha value is -4.08. The number of fused-ring (bicyclic) bond motifs is 4. The van der Waals surface area contributed by atoms with Crippen LogP contribution in [0.2, 0.25) is 10.0 Å². The molecule has 1 spiro atoms. The molecule has 11 heteroatoms. The van der Waals surface area contributed by atoms with E-state index >= 15 is 0 Å². The maximum Gasteiger partial charge on any atom is 0.280 e. The fourth-order valence-electron chi connectivity index (χ4n) is 5.70. The molecule has 0 saturated heterocycles. The van der Waals surface area contributed by atoms with Crippen LogP contribution in [0.25, 0.3) is 11.4 Å². The number of methoxy groups -OCH3 is 1. The Morgan fingerprint density at radius 1 is 1.00 bits per heavy atom. The summed E-state index contributed by atoms with van der Waals surface area (Å²) in [6.07, 6.45) is 1.53. The van der Waals surface area contributed by atoms with Gasteiger partial charge >= 0.3 is 0 Å². The second-order valence-corrected chi connectivity index (χ2v) is 11.3. The van der Waals surface area contributed by atoms with Crippen LogP contribution in [0.15, 0.2) is 54.7 Å². The van der Waals surface area contributed by atoms with E-state index in [4.69, 9.17) is 37.7 Å². The summed E-state index contributed by atoms with van der Waals surface area (Å²) in [6, 6.07) is 13.5. The molecule has 0 aliphatic carbocycles. The molecule has 6 rings (SSSR count). The summed E-state index contributed by atoms with van der Waals surface area (Å²) < 4.78 is 13.4. The first-order valence-corrected chi connectivity index (χ1v) is 13.9. The van der Waals surface area contributed by atoms with Gasteiger partial charge in [-0.25, -0.2) is 9.97 Å². The molecule has 1 N–H and O–H groups in total. The SMILES string of the molecule is COc1cc(OC(C)C)ncc1-c1nc2c(n1C(C)C)[C@]1(C(=O)Nc3cc(Cl)ccc31)N(c1cccc(Cl)c1)C2=O. The predicted octanol–water partition coefficient (Wildman–Crippen LogP) is 6.48. The number of aromatic nitrogens is 3. The number of amides is 2. The standard InChI is InChI=1S/C30H27Cl2N5O4/c1-15(2)36-26-25(35-27(36)20-14-33-24(41-16(3)4)13-23(20)40-5)28(38)37(19-8-6-7-17(31)11-19)30(26)21-10-9-18(32)12-22(21)34-29(30)39/h6-16H,1-5H3,(H,34,39)/t30-/m1/s1. The Kier molecular flexibility index (Phi) is 6.47. The van der Waals surface area contributed by atoms with Crippen LogP contribution in [0.4, 0.5) is 11.4 Å². The first-order chi connectivity index (χ1) is 19.6. The number of rotatable bonds is 6. The van der Waals surface area contributed by atoms with E-state index in [0.717, 1.165) is 0 Å². The second-order valence-electron chi connectivity index (χ2n) is 10.5. The summed E-state index contributed by atoms with van der Waals surface area (Å²) >= 11 is 12.7. The minimum absolute atomic E-state index is 0.0797. The number of carbonyl (C=O) groups is 2. The number of benzene rings is 2. The number of carbonyl (C=O) groups excluding carboxylic acids is 2. The minimum Gasteiger partial charge on any atom is -0.496 e. The third-order valence-electron chi connectivity index (χ3n) is 7.18. The smallest absolute Gasteiger partial charge is 0.280 e. The van der Waals surface area contributed by atoms with Crippen molar-refractivity contribution < 1.29 is 19.1 Å². The predicted molar refractivity (Wildman–Crippen MR) is 157 cm³/mol. The summed E-state index contributed by atoms with van der Waals surface area (Å²) in [4.78, 5) is 39.5. The van der Waals surface area contributed by atoms with Gasteiger partial charge in [0, 0.05) is 45.3 Å². The summed E-state index contributed by atoms with van der Waals surface area (Å²) in [5.74, 6) is 0.474. The number of ether oxygens (including phenoxy) is 2. The van der Waals surface area contributed by atoms with Gasteiger partial charge in [-0.2, -0.15) is 0 Å². The first kappa shape index (κ1) is 27.1. The maximum absolute atomic E-state index is 14.4. The van der Waals surface area contributed by atoms with E-state index in [1.54, 1.807) is 61.8 Å². The Labute approximate surface area is 247 Å². The number of pyridine rings is 1. The normalized spacial score (nSPS) is 17.4. The molecule has 2 aromatic heterocycles. The molecule has 0 bridgehead atoms. The molecule has 2 aliphatic rings. The third kappa shape index (κ3) is 3.98. The maximum atomic E-state index is 14.4. The zero-order valence-corrected chi connectivity index (χ0v) is 24.5. The molecule has 2 aromatic carbocycles. The van der Waals surface area contributed by atoms with Gasteiger partial charge in [-0.15, -0.1) is 0 Å². The Balaban J connectivity index is 1.67. The van der Waals surface area contributed by atoms with Crippen molar-refractivity contribution in [3.63, 3.8) is 0 Å². The van der Waals surface area contributed by atoms with Crippen molar-refractivity contribution in [2.45, 2.75) is 45.4 Å². The van der Waals surface area contributed by atoms with Crippen molar-refractivity contribution in [1.82, 2.24) is 14.5 Å². The molecule has 9 nitrogen and oxygen atoms in total. The molecular weight excluding hydrogens is 565 g/mol. The second kappa shape index (κ2) is 9.78. The number of halogens is 2. The van der Waals surface area contributed by atoms with Crippen LogP contribution in [-0.4, -0.2) is 39.6 Å². The number of anilines is 2. The van der Waals surface area contributed by atoms with Crippen LogP contribution in [-0.2, 0) is 10.3 Å². The lowest BCUT2D eigenvalue weighted by atomic mass is 9.87. The molecule has 0 fully saturated rings. The Bertz CT molecular complexity index is 1730. The molecule has 0 saturated carbocycles. The Morgan fingerprint density at radius 3 is 2.44 bits per heavy atom. The molecule has 210 valence electrons. The molecular formula is C30H27Cl2N5O4. The summed E-state index contributed by atoms with van der Waals surface area (Å²) in [5, 5.41) is 3.85. The van der Waals surface area contributed by atoms with E-state index in [1.165, 1.54) is 4.90 Å². The van der Waals surface area contributed by atoms with E-state index in [2.05, 4.69) is 10.3 Å². The van der Waals surface area contributed by atoms with Gasteiger partial charge in [-0.1, -0.05) is 35.3 Å². The van der Waals surface area contributed by atoms with Crippen molar-refractivity contribution in [3.8, 4) is 23.0 Å². The molecule has 4 heterocycles. The highest BCUT2D eigenvalue weighted by Crippen LogP contribution is 2.54. The monoisotopic (exact) mass is 591 g/mol. The summed E-state index contributed by atoms with van der Waals surface area (Å²) in [7, 11) is 1.55. The number of hydrogen-bond donors (Lipinski definition) is 1. The topological polar surface area (TPSA) is 98.6 Å². The van der Waals surface area contributed by atoms with Crippen LogP contribution in [0.3, 0.4) is 0 Å². The molecule has 0 unspecified atom stereocenters. The van der Waals surface area contributed by atoms with Gasteiger partial charge in [0.25, 0.3) is 11.8 Å². The largest absolute Gasteiger partial charge is 0.496 e. The lowest BCUT2D eigenvalue weighted by Gasteiger charge is -2.35. The zero-order valence-electron chi connectivity index (χ0n) is 23.0. The fraction of sp³-hybridized carbons (Fsp3) is 0.267. The van der Waals surface area contributed by atoms with Crippen molar-refractivity contribution in [2.24, 2.45) is 0 Å². The van der Waals surface area contributed by atoms with Crippen LogP contribution >= 0.6 is 23.2 Å². The number of nitrogens with zero attached hydrogens (tertiary/aromatic N) is 4. The highest BCUT2D eigenvalue weighted by atomic mass is 35.5. The number of imidazole rings is 1. The van der Waals surface area contributed by atoms with Gasteiger partial charge in [0.2, 0.25) is 5.88 Å². The van der Waals surface area contributed by atoms with Crippen LogP contribution in [0, 0.1) is 0 Å². The van der Waals surface area contributed by atoms with Crippen molar-refractivity contribution in [1.29, 1.82) is 0 Å². The lowest BCUT2D eigenvalue weighted by Crippen LogP contribution is -2.51. The molecule has 1 atom stereocenters. The zero-order chi connectivity index (χ0) is 29.2. The highest BCUT2D eigenvalue weighted by Gasteiger charge is 2.64. The fourth-order valence-corrected chi connectivity index (χ4v) is 6.06. The average molecular weight is 592 g/mol. The van der Waals surface area contributed by atoms with Gasteiger partial charge in [-0.05, 0) is 58.0 Å². The van der Waals surface area contributed by atoms with Gasteiger partial charge in [0.05, 0.1) is 24.5 Å². The number of hydrogen-bond acceptors (Lipinski definition) is 6. The van der Waals surface area contributed by atoms with Crippen LogP contribution < -0.4 is 19.7 Å². The van der Waals surface area contributed by atoms with Crippen LogP contribution in [0.1, 0.15) is 55.5 Å². The van der Waals surface area contributed by atoms with Gasteiger partial charge < -0.3 is 19.4 Å². The van der Waals surface area contributed by atoms with Crippen molar-refractivity contribution >= 4 is 46.4 Å². The number of nitrogens with one attached hydrogen (secondary N) is 1. The van der Waals surface area contributed by atoms with Crippen molar-refractivity contribution in [2.75, 3.05) is 17.3 Å². The molecule has 0 radical (unpaired) electrons. The first-order valence-electron chi connectivity index (χ1n) is 13.1. The summed E-state index contributed by atoms with van der Waals surface area (Å²) in [5.41, 5.74) is 1.13. The van der Waals surface area contributed by atoms with E-state index in [-0.39, 0.29) is 17.8 Å². The van der Waals surface area contributed by atoms with Gasteiger partial charge in [0.1, 0.15) is 11.6 Å². The molecule has 2 aliphatic heterocycles. The van der Waals surface area contributed by atoms with Gasteiger partial charge in [-0.3, -0.25) is 14.5 Å². The van der Waals surface area contributed by atoms with Crippen LogP contribution in [0.5, 0.6) is 11.6 Å². The third-order valence-corrected chi connectivity index (χ3v) is 7.65. The highest BCUT2D eigenvalue weighted by molar-refractivity contribution is 6.32.